The number of hydrogen-bond donors (Lipinski definition) is 3. The van der Waals surface area contributed by atoms with Gasteiger partial charge in [-0.05, 0) is 20.8 Å². The number of hydrogen-bond acceptors (Lipinski definition) is 4. The molecule has 0 saturated carbocycles. The third kappa shape index (κ3) is 5.99. The Kier molecular flexibility index (Phi) is 5.48. The molecular weight excluding hydrogens is 170 g/mol. The average molecular weight is 191 g/mol. The zero-order valence-electron chi connectivity index (χ0n) is 8.87. The fourth-order valence-corrected chi connectivity index (χ4v) is 0.814. The Morgan fingerprint density at radius 3 is 2.38 bits per heavy atom. The van der Waals surface area contributed by atoms with Crippen LogP contribution in [0.15, 0.2) is 0 Å². The molecule has 13 heavy (non-hydrogen) atoms. The summed E-state index contributed by atoms with van der Waals surface area (Å²) in [7, 11) is 1.54. The van der Waals surface area contributed by atoms with Crippen LogP contribution < -0.4 is 5.32 Å². The molecule has 0 aliphatic carbocycles. The maximum Gasteiger partial charge on any atom is 0.0897 e. The maximum absolute atomic E-state index is 9.55. The third-order valence-electron chi connectivity index (χ3n) is 2.08. The van der Waals surface area contributed by atoms with Crippen LogP contribution in [0.1, 0.15) is 20.8 Å². The number of aliphatic hydroxyl groups is 2. The minimum atomic E-state index is -0.771. The van der Waals surface area contributed by atoms with Crippen LogP contribution in [0.5, 0.6) is 0 Å². The lowest BCUT2D eigenvalue weighted by Crippen LogP contribution is -2.47. The van der Waals surface area contributed by atoms with Crippen molar-refractivity contribution < 1.29 is 14.9 Å². The quantitative estimate of drug-likeness (QED) is 0.541. The highest BCUT2D eigenvalue weighted by molar-refractivity contribution is 4.80. The predicted molar refractivity (Wildman–Crippen MR) is 51.6 cm³/mol. The first-order valence-electron chi connectivity index (χ1n) is 4.50. The molecule has 0 aliphatic heterocycles. The van der Waals surface area contributed by atoms with Gasteiger partial charge in [0.1, 0.15) is 0 Å². The van der Waals surface area contributed by atoms with Crippen LogP contribution in [0, 0.1) is 0 Å². The van der Waals surface area contributed by atoms with Gasteiger partial charge in [0.2, 0.25) is 0 Å². The van der Waals surface area contributed by atoms with E-state index in [1.54, 1.807) is 21.0 Å². The molecule has 0 spiro atoms. The van der Waals surface area contributed by atoms with Crippen LogP contribution in [0.4, 0.5) is 0 Å². The van der Waals surface area contributed by atoms with Crippen molar-refractivity contribution in [1.82, 2.24) is 5.32 Å². The van der Waals surface area contributed by atoms with Crippen molar-refractivity contribution in [2.24, 2.45) is 0 Å². The first-order chi connectivity index (χ1) is 5.88. The van der Waals surface area contributed by atoms with Gasteiger partial charge < -0.3 is 20.3 Å². The summed E-state index contributed by atoms with van der Waals surface area (Å²) in [6.45, 7) is 6.07. The fraction of sp³-hybridized carbons (Fsp3) is 1.00. The maximum atomic E-state index is 9.55. The van der Waals surface area contributed by atoms with E-state index >= 15 is 0 Å². The number of methoxy groups -OCH3 is 1. The van der Waals surface area contributed by atoms with Crippen molar-refractivity contribution in [3.8, 4) is 0 Å². The largest absolute Gasteiger partial charge is 0.389 e. The second-order valence-corrected chi connectivity index (χ2v) is 3.89. The molecule has 0 fully saturated rings. The summed E-state index contributed by atoms with van der Waals surface area (Å²) in [5.41, 5.74) is -0.771. The lowest BCUT2D eigenvalue weighted by atomic mass is 10.0. The molecule has 2 unspecified atom stereocenters. The molecule has 0 aromatic rings. The number of aliphatic hydroxyl groups excluding tert-OH is 1. The van der Waals surface area contributed by atoms with Crippen LogP contribution >= 0.6 is 0 Å². The van der Waals surface area contributed by atoms with E-state index in [1.165, 1.54) is 0 Å². The Balaban J connectivity index is 3.63. The van der Waals surface area contributed by atoms with E-state index in [2.05, 4.69) is 5.32 Å². The number of nitrogens with one attached hydrogen (secondary N) is 1. The molecular formula is C9H21NO3. The van der Waals surface area contributed by atoms with Gasteiger partial charge in [-0.2, -0.15) is 0 Å². The summed E-state index contributed by atoms with van der Waals surface area (Å²) in [5.74, 6) is 0. The second kappa shape index (κ2) is 5.54. The van der Waals surface area contributed by atoms with E-state index in [9.17, 15) is 10.2 Å². The second-order valence-electron chi connectivity index (χ2n) is 3.89. The molecule has 0 aliphatic rings. The smallest absolute Gasteiger partial charge is 0.0897 e. The topological polar surface area (TPSA) is 61.7 Å². The van der Waals surface area contributed by atoms with Crippen molar-refractivity contribution in [3.63, 3.8) is 0 Å². The highest BCUT2D eigenvalue weighted by Gasteiger charge is 2.22. The number of ether oxygens (including phenoxy) is 1. The Morgan fingerprint density at radius 2 is 2.00 bits per heavy atom. The van der Waals surface area contributed by atoms with Crippen molar-refractivity contribution >= 4 is 0 Å². The molecule has 4 heteroatoms. The lowest BCUT2D eigenvalue weighted by Gasteiger charge is -2.27. The Morgan fingerprint density at radius 1 is 1.46 bits per heavy atom. The zero-order valence-corrected chi connectivity index (χ0v) is 8.87. The monoisotopic (exact) mass is 191 g/mol. The highest BCUT2D eigenvalue weighted by Crippen LogP contribution is 2.06. The first-order valence-corrected chi connectivity index (χ1v) is 4.50. The molecule has 0 saturated heterocycles. The predicted octanol–water partition coefficient (Wildman–Crippen LogP) is -0.257. The first kappa shape index (κ1) is 12.8. The van der Waals surface area contributed by atoms with Gasteiger partial charge >= 0.3 is 0 Å². The van der Waals surface area contributed by atoms with E-state index in [-0.39, 0.29) is 6.04 Å². The summed E-state index contributed by atoms with van der Waals surface area (Å²) in [4.78, 5) is 0. The molecule has 0 aromatic carbocycles. The van der Waals surface area contributed by atoms with Gasteiger partial charge in [0.25, 0.3) is 0 Å². The summed E-state index contributed by atoms with van der Waals surface area (Å²) in [6.07, 6.45) is -0.519. The van der Waals surface area contributed by atoms with Crippen molar-refractivity contribution in [1.29, 1.82) is 0 Å². The van der Waals surface area contributed by atoms with Gasteiger partial charge in [0.05, 0.1) is 18.3 Å². The highest BCUT2D eigenvalue weighted by atomic mass is 16.5. The van der Waals surface area contributed by atoms with E-state index < -0.39 is 11.7 Å². The van der Waals surface area contributed by atoms with Crippen LogP contribution in [0.2, 0.25) is 0 Å². The van der Waals surface area contributed by atoms with E-state index in [1.807, 2.05) is 6.92 Å². The summed E-state index contributed by atoms with van der Waals surface area (Å²) < 4.78 is 4.77. The molecule has 0 rings (SSSR count). The molecule has 4 nitrogen and oxygen atoms in total. The summed E-state index contributed by atoms with van der Waals surface area (Å²) in [5, 5.41) is 21.9. The van der Waals surface area contributed by atoms with E-state index in [4.69, 9.17) is 4.74 Å². The van der Waals surface area contributed by atoms with Crippen molar-refractivity contribution in [3.05, 3.63) is 0 Å². The molecule has 0 heterocycles. The summed E-state index contributed by atoms with van der Waals surface area (Å²) in [6, 6.07) is -0.0565. The minimum absolute atomic E-state index is 0.0565. The Hall–Kier alpha value is -0.160. The third-order valence-corrected chi connectivity index (χ3v) is 2.08. The van der Waals surface area contributed by atoms with Crippen LogP contribution in [-0.2, 0) is 4.74 Å². The SMILES string of the molecule is COCC(O)CNC(C)C(C)(C)O. The fourth-order valence-electron chi connectivity index (χ4n) is 0.814. The van der Waals surface area contributed by atoms with E-state index in [0.717, 1.165) is 0 Å². The van der Waals surface area contributed by atoms with Gasteiger partial charge in [0.15, 0.2) is 0 Å². The molecule has 3 N–H and O–H groups in total. The van der Waals surface area contributed by atoms with E-state index in [0.29, 0.717) is 13.2 Å². The van der Waals surface area contributed by atoms with Gasteiger partial charge in [-0.25, -0.2) is 0 Å². The molecule has 80 valence electrons. The summed E-state index contributed by atoms with van der Waals surface area (Å²) >= 11 is 0. The Bertz CT molecular complexity index is 133. The van der Waals surface area contributed by atoms with Crippen molar-refractivity contribution in [2.45, 2.75) is 38.5 Å². The van der Waals surface area contributed by atoms with Crippen LogP contribution in [0.3, 0.4) is 0 Å². The van der Waals surface area contributed by atoms with Crippen LogP contribution in [-0.4, -0.2) is 48.2 Å². The number of rotatable bonds is 6. The standard InChI is InChI=1S/C9H21NO3/c1-7(9(2,3)12)10-5-8(11)6-13-4/h7-8,10-12H,5-6H2,1-4H3. The lowest BCUT2D eigenvalue weighted by molar-refractivity contribution is 0.0274. The molecule has 0 bridgehead atoms. The zero-order chi connectivity index (χ0) is 10.5. The average Bonchev–Trinajstić information content (AvgIpc) is 1.99. The molecule has 0 amide bonds. The Labute approximate surface area is 79.9 Å². The van der Waals surface area contributed by atoms with Gasteiger partial charge in [-0.15, -0.1) is 0 Å². The van der Waals surface area contributed by atoms with Crippen LogP contribution in [0.25, 0.3) is 0 Å². The van der Waals surface area contributed by atoms with Crippen molar-refractivity contribution in [2.75, 3.05) is 20.3 Å². The van der Waals surface area contributed by atoms with Gasteiger partial charge in [0, 0.05) is 19.7 Å². The molecule has 0 aromatic heterocycles. The normalized spacial score (nSPS) is 17.1. The van der Waals surface area contributed by atoms with Gasteiger partial charge in [-0.3, -0.25) is 0 Å². The van der Waals surface area contributed by atoms with Gasteiger partial charge in [-0.1, -0.05) is 0 Å². The molecule has 2 atom stereocenters. The minimum Gasteiger partial charge on any atom is -0.389 e. The molecule has 0 radical (unpaired) electrons.